The summed E-state index contributed by atoms with van der Waals surface area (Å²) >= 11 is 1.01. The molecule has 2 heterocycles. The normalized spacial score (nSPS) is 11.6. The van der Waals surface area contributed by atoms with Gasteiger partial charge in [-0.15, -0.1) is 10.2 Å². The summed E-state index contributed by atoms with van der Waals surface area (Å²) in [5, 5.41) is 10.8. The van der Waals surface area contributed by atoms with Crippen LogP contribution in [0.3, 0.4) is 0 Å². The van der Waals surface area contributed by atoms with E-state index in [0.29, 0.717) is 5.69 Å². The number of rotatable bonds is 5. The van der Waals surface area contributed by atoms with Crippen molar-refractivity contribution in [2.75, 3.05) is 11.1 Å². The first-order valence-corrected chi connectivity index (χ1v) is 9.89. The van der Waals surface area contributed by atoms with Crippen molar-refractivity contribution in [3.8, 4) is 11.1 Å². The van der Waals surface area contributed by atoms with Gasteiger partial charge in [0.25, 0.3) is 0 Å². The molecule has 1 amide bonds. The van der Waals surface area contributed by atoms with Crippen molar-refractivity contribution in [1.82, 2.24) is 14.6 Å². The first-order chi connectivity index (χ1) is 14.4. The van der Waals surface area contributed by atoms with Gasteiger partial charge in [-0.2, -0.15) is 13.2 Å². The number of hydrogen-bond donors (Lipinski definition) is 1. The van der Waals surface area contributed by atoms with Gasteiger partial charge in [0.1, 0.15) is 0 Å². The van der Waals surface area contributed by atoms with Crippen molar-refractivity contribution in [3.63, 3.8) is 0 Å². The molecule has 0 aliphatic carbocycles. The van der Waals surface area contributed by atoms with Crippen LogP contribution in [0.5, 0.6) is 0 Å². The van der Waals surface area contributed by atoms with Crippen LogP contribution in [0.15, 0.2) is 78.1 Å². The van der Waals surface area contributed by atoms with Gasteiger partial charge in [-0.25, -0.2) is 0 Å². The Morgan fingerprint density at radius 1 is 0.967 bits per heavy atom. The number of benzene rings is 2. The Labute approximate surface area is 173 Å². The van der Waals surface area contributed by atoms with Gasteiger partial charge in [-0.3, -0.25) is 9.20 Å². The minimum absolute atomic E-state index is 0.0276. The molecule has 2 aromatic heterocycles. The second-order valence-electron chi connectivity index (χ2n) is 6.37. The van der Waals surface area contributed by atoms with Crippen molar-refractivity contribution in [2.24, 2.45) is 0 Å². The van der Waals surface area contributed by atoms with Crippen LogP contribution in [0.1, 0.15) is 5.56 Å². The van der Waals surface area contributed by atoms with Gasteiger partial charge < -0.3 is 5.32 Å². The fourth-order valence-corrected chi connectivity index (χ4v) is 3.63. The van der Waals surface area contributed by atoms with Gasteiger partial charge in [-0.05, 0) is 23.8 Å². The molecule has 4 rings (SSSR count). The molecule has 152 valence electrons. The number of amides is 1. The molecule has 0 radical (unpaired) electrons. The molecule has 0 bridgehead atoms. The highest BCUT2D eigenvalue weighted by Crippen LogP contribution is 2.30. The van der Waals surface area contributed by atoms with Gasteiger partial charge in [0.05, 0.1) is 11.3 Å². The predicted octanol–water partition coefficient (Wildman–Crippen LogP) is 5.15. The Hall–Kier alpha value is -3.33. The lowest BCUT2D eigenvalue weighted by atomic mass is 10.0. The molecule has 30 heavy (non-hydrogen) atoms. The van der Waals surface area contributed by atoms with Crippen LogP contribution in [-0.4, -0.2) is 26.3 Å². The van der Waals surface area contributed by atoms with Crippen molar-refractivity contribution in [3.05, 3.63) is 78.5 Å². The van der Waals surface area contributed by atoms with Crippen molar-refractivity contribution < 1.29 is 18.0 Å². The number of nitrogens with one attached hydrogen (secondary N) is 1. The van der Waals surface area contributed by atoms with E-state index in [1.165, 1.54) is 10.5 Å². The molecule has 4 aromatic rings. The fraction of sp³-hybridized carbons (Fsp3) is 0.0952. The standard InChI is InChI=1S/C21H15F3N4OS/c22-21(23,24)15-10-11-18-26-27-20(28(18)12-15)30-13-19(29)25-17-9-5-4-8-16(17)14-6-2-1-3-7-14/h1-12H,13H2,(H,25,29). The average Bonchev–Trinajstić information content (AvgIpc) is 3.15. The molecule has 1 N–H and O–H groups in total. The van der Waals surface area contributed by atoms with Gasteiger partial charge >= 0.3 is 6.18 Å². The highest BCUT2D eigenvalue weighted by atomic mass is 32.2. The third-order valence-electron chi connectivity index (χ3n) is 4.32. The molecule has 0 aliphatic heterocycles. The molecule has 0 aliphatic rings. The van der Waals surface area contributed by atoms with Gasteiger partial charge in [0.15, 0.2) is 10.8 Å². The number of fused-ring (bicyclic) bond motifs is 1. The summed E-state index contributed by atoms with van der Waals surface area (Å²) in [6.07, 6.45) is -3.54. The fourth-order valence-electron chi connectivity index (χ4n) is 2.91. The Kier molecular flexibility index (Phi) is 5.45. The number of halogens is 3. The molecule has 0 fully saturated rings. The lowest BCUT2D eigenvalue weighted by Crippen LogP contribution is -2.15. The zero-order valence-corrected chi connectivity index (χ0v) is 16.2. The molecule has 0 unspecified atom stereocenters. The van der Waals surface area contributed by atoms with E-state index in [0.717, 1.165) is 35.2 Å². The van der Waals surface area contributed by atoms with Crippen LogP contribution in [0, 0.1) is 0 Å². The van der Waals surface area contributed by atoms with Gasteiger partial charge in [-0.1, -0.05) is 60.3 Å². The largest absolute Gasteiger partial charge is 0.417 e. The molecular formula is C21H15F3N4OS. The summed E-state index contributed by atoms with van der Waals surface area (Å²) < 4.78 is 40.1. The highest BCUT2D eigenvalue weighted by Gasteiger charge is 2.31. The summed E-state index contributed by atoms with van der Waals surface area (Å²) in [6, 6.07) is 19.2. The number of carbonyl (C=O) groups excluding carboxylic acids is 1. The number of hydrogen-bond acceptors (Lipinski definition) is 4. The summed E-state index contributed by atoms with van der Waals surface area (Å²) in [7, 11) is 0. The quantitative estimate of drug-likeness (QED) is 0.447. The lowest BCUT2D eigenvalue weighted by Gasteiger charge is -2.11. The third kappa shape index (κ3) is 4.30. The molecule has 0 saturated carbocycles. The van der Waals surface area contributed by atoms with Crippen molar-refractivity contribution in [1.29, 1.82) is 0 Å². The topological polar surface area (TPSA) is 59.3 Å². The molecule has 5 nitrogen and oxygen atoms in total. The monoisotopic (exact) mass is 428 g/mol. The van der Waals surface area contributed by atoms with E-state index >= 15 is 0 Å². The minimum atomic E-state index is -4.47. The van der Waals surface area contributed by atoms with Crippen LogP contribution >= 0.6 is 11.8 Å². The number of thioether (sulfide) groups is 1. The Morgan fingerprint density at radius 3 is 2.47 bits per heavy atom. The second-order valence-corrected chi connectivity index (χ2v) is 7.32. The van der Waals surface area contributed by atoms with Gasteiger partial charge in [0.2, 0.25) is 5.91 Å². The molecule has 2 aromatic carbocycles. The zero-order valence-electron chi connectivity index (χ0n) is 15.4. The molecule has 9 heteroatoms. The average molecular weight is 428 g/mol. The van der Waals surface area contributed by atoms with E-state index in [4.69, 9.17) is 0 Å². The van der Waals surface area contributed by atoms with Crippen LogP contribution in [0.4, 0.5) is 18.9 Å². The molecule has 0 saturated heterocycles. The second kappa shape index (κ2) is 8.19. The highest BCUT2D eigenvalue weighted by molar-refractivity contribution is 7.99. The lowest BCUT2D eigenvalue weighted by molar-refractivity contribution is -0.137. The summed E-state index contributed by atoms with van der Waals surface area (Å²) in [5.41, 5.74) is 1.96. The molecular weight excluding hydrogens is 413 g/mol. The Morgan fingerprint density at radius 2 is 1.70 bits per heavy atom. The predicted molar refractivity (Wildman–Crippen MR) is 109 cm³/mol. The molecule has 0 spiro atoms. The van der Waals surface area contributed by atoms with E-state index in [1.807, 2.05) is 48.5 Å². The van der Waals surface area contributed by atoms with Crippen LogP contribution in [-0.2, 0) is 11.0 Å². The van der Waals surface area contributed by atoms with Crippen LogP contribution < -0.4 is 5.32 Å². The Balaban J connectivity index is 1.49. The summed E-state index contributed by atoms with van der Waals surface area (Å²) in [6.45, 7) is 0. The first kappa shape index (κ1) is 20.0. The van der Waals surface area contributed by atoms with E-state index in [-0.39, 0.29) is 22.5 Å². The van der Waals surface area contributed by atoms with Crippen LogP contribution in [0.2, 0.25) is 0 Å². The van der Waals surface area contributed by atoms with E-state index in [2.05, 4.69) is 15.5 Å². The maximum atomic E-state index is 13.0. The van der Waals surface area contributed by atoms with Crippen molar-refractivity contribution >= 4 is 29.0 Å². The third-order valence-corrected chi connectivity index (χ3v) is 5.26. The number of pyridine rings is 1. The number of nitrogens with zero attached hydrogens (tertiary/aromatic N) is 3. The maximum Gasteiger partial charge on any atom is 0.417 e. The zero-order chi connectivity index (χ0) is 21.1. The number of carbonyl (C=O) groups is 1. The summed E-state index contributed by atoms with van der Waals surface area (Å²) in [4.78, 5) is 12.5. The van der Waals surface area contributed by atoms with E-state index in [9.17, 15) is 18.0 Å². The van der Waals surface area contributed by atoms with E-state index < -0.39 is 11.7 Å². The number of alkyl halides is 3. The smallest absolute Gasteiger partial charge is 0.325 e. The SMILES string of the molecule is O=C(CSc1nnc2ccc(C(F)(F)F)cn12)Nc1ccccc1-c1ccccc1. The number of aromatic nitrogens is 3. The molecule has 0 atom stereocenters. The van der Waals surface area contributed by atoms with Gasteiger partial charge in [0, 0.05) is 17.4 Å². The summed E-state index contributed by atoms with van der Waals surface area (Å²) in [5.74, 6) is -0.327. The van der Waals surface area contributed by atoms with Crippen LogP contribution in [0.25, 0.3) is 16.8 Å². The minimum Gasteiger partial charge on any atom is -0.325 e. The Bertz CT molecular complexity index is 1190. The number of anilines is 1. The number of para-hydroxylation sites is 1. The maximum absolute atomic E-state index is 13.0. The first-order valence-electron chi connectivity index (χ1n) is 8.91. The van der Waals surface area contributed by atoms with E-state index in [1.54, 1.807) is 6.07 Å². The van der Waals surface area contributed by atoms with Crippen molar-refractivity contribution in [2.45, 2.75) is 11.3 Å².